The maximum atomic E-state index is 13.0. The SMILES string of the molecule is Cc1ccc(/C=C2\Oc3c(cc4c(c3C)OCN(CCc3ccc(Cl)cc3Cl)C4)C2=O)o1. The van der Waals surface area contributed by atoms with Crippen LogP contribution in [0.3, 0.4) is 0 Å². The predicted molar refractivity (Wildman–Crippen MR) is 124 cm³/mol. The van der Waals surface area contributed by atoms with Crippen LogP contribution in [0.4, 0.5) is 0 Å². The average molecular weight is 470 g/mol. The Kier molecular flexibility index (Phi) is 5.49. The highest BCUT2D eigenvalue weighted by molar-refractivity contribution is 6.35. The fourth-order valence-corrected chi connectivity index (χ4v) is 4.61. The molecule has 0 saturated heterocycles. The summed E-state index contributed by atoms with van der Waals surface area (Å²) in [7, 11) is 0. The van der Waals surface area contributed by atoms with E-state index in [9.17, 15) is 4.79 Å². The quantitative estimate of drug-likeness (QED) is 0.424. The van der Waals surface area contributed by atoms with Crippen LogP contribution in [0, 0.1) is 13.8 Å². The molecule has 0 unspecified atom stereocenters. The second kappa shape index (κ2) is 8.32. The number of ketones is 1. The molecule has 0 saturated carbocycles. The molecule has 2 aliphatic rings. The monoisotopic (exact) mass is 469 g/mol. The second-order valence-electron chi connectivity index (χ2n) is 8.07. The van der Waals surface area contributed by atoms with E-state index in [-0.39, 0.29) is 11.5 Å². The maximum absolute atomic E-state index is 13.0. The number of aryl methyl sites for hydroxylation is 1. The number of benzene rings is 2. The number of rotatable bonds is 4. The van der Waals surface area contributed by atoms with Gasteiger partial charge >= 0.3 is 0 Å². The van der Waals surface area contributed by atoms with Crippen LogP contribution >= 0.6 is 23.2 Å². The summed E-state index contributed by atoms with van der Waals surface area (Å²) < 4.78 is 17.5. The molecule has 0 spiro atoms. The lowest BCUT2D eigenvalue weighted by Crippen LogP contribution is -2.34. The van der Waals surface area contributed by atoms with Gasteiger partial charge < -0.3 is 13.9 Å². The first-order valence-corrected chi connectivity index (χ1v) is 11.1. The molecule has 32 heavy (non-hydrogen) atoms. The molecule has 1 aromatic heterocycles. The van der Waals surface area contributed by atoms with Crippen molar-refractivity contribution in [2.45, 2.75) is 26.8 Å². The number of fused-ring (bicyclic) bond motifs is 2. The zero-order valence-corrected chi connectivity index (χ0v) is 19.2. The largest absolute Gasteiger partial charge is 0.477 e. The van der Waals surface area contributed by atoms with Gasteiger partial charge in [-0.3, -0.25) is 9.69 Å². The smallest absolute Gasteiger partial charge is 0.232 e. The van der Waals surface area contributed by atoms with Crippen molar-refractivity contribution >= 4 is 35.1 Å². The first-order valence-electron chi connectivity index (χ1n) is 10.4. The van der Waals surface area contributed by atoms with Crippen molar-refractivity contribution in [2.75, 3.05) is 13.3 Å². The van der Waals surface area contributed by atoms with Gasteiger partial charge in [-0.2, -0.15) is 0 Å². The number of hydrogen-bond acceptors (Lipinski definition) is 5. The number of carbonyl (C=O) groups excluding carboxylic acids is 1. The minimum atomic E-state index is -0.148. The van der Waals surface area contributed by atoms with E-state index in [0.29, 0.717) is 40.4 Å². The molecular formula is C25H21Cl2NO4. The Morgan fingerprint density at radius 2 is 1.94 bits per heavy atom. The van der Waals surface area contributed by atoms with Gasteiger partial charge in [0.15, 0.2) is 5.76 Å². The van der Waals surface area contributed by atoms with Crippen LogP contribution in [0.1, 0.15) is 38.6 Å². The zero-order valence-electron chi connectivity index (χ0n) is 17.7. The van der Waals surface area contributed by atoms with E-state index in [2.05, 4.69) is 4.90 Å². The van der Waals surface area contributed by atoms with Crippen molar-refractivity contribution in [3.05, 3.63) is 86.0 Å². The Morgan fingerprint density at radius 3 is 2.69 bits per heavy atom. The molecule has 2 aromatic carbocycles. The van der Waals surface area contributed by atoms with Gasteiger partial charge in [0, 0.05) is 40.3 Å². The van der Waals surface area contributed by atoms with Crippen molar-refractivity contribution < 1.29 is 18.7 Å². The summed E-state index contributed by atoms with van der Waals surface area (Å²) in [6.07, 6.45) is 2.41. The lowest BCUT2D eigenvalue weighted by Gasteiger charge is -2.30. The van der Waals surface area contributed by atoms with Crippen LogP contribution in [-0.4, -0.2) is 24.0 Å². The van der Waals surface area contributed by atoms with Crippen molar-refractivity contribution in [2.24, 2.45) is 0 Å². The van der Waals surface area contributed by atoms with Gasteiger partial charge in [-0.25, -0.2) is 0 Å². The number of nitrogens with zero attached hydrogens (tertiary/aromatic N) is 1. The number of Topliss-reactive ketones (excluding diaryl/α,β-unsaturated/α-hetero) is 1. The molecule has 0 radical (unpaired) electrons. The molecule has 0 fully saturated rings. The van der Waals surface area contributed by atoms with Gasteiger partial charge in [-0.15, -0.1) is 0 Å². The van der Waals surface area contributed by atoms with Crippen LogP contribution in [0.2, 0.25) is 10.0 Å². The molecule has 5 nitrogen and oxygen atoms in total. The first kappa shape index (κ1) is 21.1. The summed E-state index contributed by atoms with van der Waals surface area (Å²) in [5.74, 6) is 2.82. The van der Waals surface area contributed by atoms with E-state index in [1.807, 2.05) is 44.2 Å². The molecule has 2 aliphatic heterocycles. The van der Waals surface area contributed by atoms with Gasteiger partial charge in [0.05, 0.1) is 5.56 Å². The highest BCUT2D eigenvalue weighted by Crippen LogP contribution is 2.43. The molecule has 0 amide bonds. The van der Waals surface area contributed by atoms with Crippen LogP contribution in [0.25, 0.3) is 6.08 Å². The normalized spacial score (nSPS) is 16.6. The predicted octanol–water partition coefficient (Wildman–Crippen LogP) is 6.21. The van der Waals surface area contributed by atoms with Crippen LogP contribution < -0.4 is 9.47 Å². The zero-order chi connectivity index (χ0) is 22.4. The standard InChI is InChI=1S/C25H21Cl2NO4/c1-14-3-6-19(31-14)11-22-23(29)20-9-17-12-28(13-30-24(17)15(2)25(20)32-22)8-7-16-4-5-18(26)10-21(16)27/h3-6,9-11H,7-8,12-13H2,1-2H3/b22-11-. The third-order valence-corrected chi connectivity index (χ3v) is 6.34. The third kappa shape index (κ3) is 3.92. The Hall–Kier alpha value is -2.73. The minimum Gasteiger partial charge on any atom is -0.477 e. The van der Waals surface area contributed by atoms with Crippen molar-refractivity contribution in [1.29, 1.82) is 0 Å². The summed E-state index contributed by atoms with van der Waals surface area (Å²) in [5.41, 5.74) is 3.41. The molecule has 5 rings (SSSR count). The summed E-state index contributed by atoms with van der Waals surface area (Å²) in [6, 6.07) is 11.1. The Labute approximate surface area is 196 Å². The number of halogens is 2. The minimum absolute atomic E-state index is 0.148. The summed E-state index contributed by atoms with van der Waals surface area (Å²) in [4.78, 5) is 15.2. The third-order valence-electron chi connectivity index (χ3n) is 5.75. The van der Waals surface area contributed by atoms with Crippen molar-refractivity contribution in [1.82, 2.24) is 4.90 Å². The molecule has 0 N–H and O–H groups in total. The molecule has 164 valence electrons. The number of hydrogen-bond donors (Lipinski definition) is 0. The lowest BCUT2D eigenvalue weighted by molar-refractivity contribution is 0.0954. The topological polar surface area (TPSA) is 51.9 Å². The van der Waals surface area contributed by atoms with Crippen molar-refractivity contribution in [3.63, 3.8) is 0 Å². The van der Waals surface area contributed by atoms with Crippen LogP contribution in [-0.2, 0) is 13.0 Å². The highest BCUT2D eigenvalue weighted by atomic mass is 35.5. The molecule has 0 bridgehead atoms. The molecule has 7 heteroatoms. The number of carbonyl (C=O) groups is 1. The van der Waals surface area contributed by atoms with Gasteiger partial charge in [0.1, 0.15) is 29.8 Å². The summed E-state index contributed by atoms with van der Waals surface area (Å²) in [6.45, 7) is 5.69. The molecule has 0 aliphatic carbocycles. The van der Waals surface area contributed by atoms with E-state index >= 15 is 0 Å². The average Bonchev–Trinajstić information content (AvgIpc) is 3.31. The number of ether oxygens (including phenoxy) is 2. The lowest BCUT2D eigenvalue weighted by atomic mass is 10.00. The Balaban J connectivity index is 1.35. The number of furan rings is 1. The number of allylic oxidation sites excluding steroid dienone is 1. The van der Waals surface area contributed by atoms with E-state index in [1.165, 1.54) is 0 Å². The molecule has 3 aromatic rings. The highest BCUT2D eigenvalue weighted by Gasteiger charge is 2.33. The van der Waals surface area contributed by atoms with Gasteiger partial charge in [0.25, 0.3) is 0 Å². The fourth-order valence-electron chi connectivity index (χ4n) is 4.10. The van der Waals surface area contributed by atoms with Gasteiger partial charge in [0.2, 0.25) is 5.78 Å². The summed E-state index contributed by atoms with van der Waals surface area (Å²) >= 11 is 12.3. The second-order valence-corrected chi connectivity index (χ2v) is 8.91. The van der Waals surface area contributed by atoms with E-state index < -0.39 is 0 Å². The van der Waals surface area contributed by atoms with E-state index in [0.717, 1.165) is 41.2 Å². The van der Waals surface area contributed by atoms with Crippen LogP contribution in [0.15, 0.2) is 46.6 Å². The van der Waals surface area contributed by atoms with E-state index in [4.69, 9.17) is 37.1 Å². The maximum Gasteiger partial charge on any atom is 0.232 e. The van der Waals surface area contributed by atoms with Gasteiger partial charge in [-0.05, 0) is 56.2 Å². The Bertz CT molecular complexity index is 1260. The molecular weight excluding hydrogens is 449 g/mol. The van der Waals surface area contributed by atoms with E-state index in [1.54, 1.807) is 12.1 Å². The Morgan fingerprint density at radius 1 is 1.09 bits per heavy atom. The summed E-state index contributed by atoms with van der Waals surface area (Å²) in [5, 5.41) is 1.29. The van der Waals surface area contributed by atoms with Crippen LogP contribution in [0.5, 0.6) is 11.5 Å². The van der Waals surface area contributed by atoms with Gasteiger partial charge in [-0.1, -0.05) is 29.3 Å². The first-order chi connectivity index (χ1) is 15.4. The van der Waals surface area contributed by atoms with Crippen molar-refractivity contribution in [3.8, 4) is 11.5 Å². The fraction of sp³-hybridized carbons (Fsp3) is 0.240. The molecule has 0 atom stereocenters. The molecule has 3 heterocycles.